The molecule has 2 amide bonds. The van der Waals surface area contributed by atoms with E-state index < -0.39 is 23.3 Å². The van der Waals surface area contributed by atoms with Crippen molar-refractivity contribution < 1.29 is 24.5 Å². The van der Waals surface area contributed by atoms with Crippen LogP contribution in [0.3, 0.4) is 0 Å². The van der Waals surface area contributed by atoms with Gasteiger partial charge in [-0.3, -0.25) is 14.2 Å². The number of ether oxygens (including phenoxy) is 1. The standard InChI is InChI=1S/C25H39N5O5.2ClH/c1-26(2)14-8-16-28(5)24(33)20-22(31)23(32)21(25(34)29(6)17-9-15-27(3)4)30(20)18-10-12-19(35-7)13-11-18;;/h10-13,31-32H,8-9,14-17H2,1-7H3;2*1H. The summed E-state index contributed by atoms with van der Waals surface area (Å²) in [4.78, 5) is 33.9. The summed E-state index contributed by atoms with van der Waals surface area (Å²) in [5.41, 5.74) is 0.117. The van der Waals surface area contributed by atoms with E-state index in [2.05, 4.69) is 0 Å². The summed E-state index contributed by atoms with van der Waals surface area (Å²) in [6.07, 6.45) is 1.46. The lowest BCUT2D eigenvalue weighted by atomic mass is 10.2. The quantitative estimate of drug-likeness (QED) is 0.410. The van der Waals surface area contributed by atoms with Crippen molar-refractivity contribution in [2.45, 2.75) is 12.8 Å². The number of nitrogens with zero attached hydrogens (tertiary/aromatic N) is 5. The molecule has 0 spiro atoms. The van der Waals surface area contributed by atoms with Gasteiger partial charge in [-0.1, -0.05) is 0 Å². The zero-order chi connectivity index (χ0) is 26.3. The average molecular weight is 563 g/mol. The molecule has 0 saturated heterocycles. The number of aromatic nitrogens is 1. The monoisotopic (exact) mass is 561 g/mol. The minimum Gasteiger partial charge on any atom is -0.503 e. The van der Waals surface area contributed by atoms with Crippen molar-refractivity contribution in [3.63, 3.8) is 0 Å². The highest BCUT2D eigenvalue weighted by Crippen LogP contribution is 2.39. The van der Waals surface area contributed by atoms with Crippen molar-refractivity contribution in [2.75, 3.05) is 75.6 Å². The van der Waals surface area contributed by atoms with Gasteiger partial charge in [0.2, 0.25) is 0 Å². The summed E-state index contributed by atoms with van der Waals surface area (Å²) in [7, 11) is 12.6. The van der Waals surface area contributed by atoms with Crippen molar-refractivity contribution in [3.8, 4) is 22.9 Å². The van der Waals surface area contributed by atoms with Crippen LogP contribution in [0.1, 0.15) is 33.8 Å². The van der Waals surface area contributed by atoms with Crippen molar-refractivity contribution in [2.24, 2.45) is 0 Å². The average Bonchev–Trinajstić information content (AvgIpc) is 3.07. The van der Waals surface area contributed by atoms with Gasteiger partial charge in [-0.05, 0) is 78.4 Å². The van der Waals surface area contributed by atoms with Crippen molar-refractivity contribution >= 4 is 36.6 Å². The Bertz CT molecular complexity index is 956. The minimum atomic E-state index is -0.615. The SMILES string of the molecule is COc1ccc(-n2c(C(=O)N(C)CCCN(C)C)c(O)c(O)c2C(=O)N(C)CCCN(C)C)cc1.Cl.Cl. The van der Waals surface area contributed by atoms with E-state index >= 15 is 0 Å². The molecule has 0 aliphatic carbocycles. The number of aromatic hydroxyl groups is 2. The Balaban J connectivity index is 0.00000648. The summed E-state index contributed by atoms with van der Waals surface area (Å²) in [5, 5.41) is 21.7. The first-order valence-electron chi connectivity index (χ1n) is 11.6. The van der Waals surface area contributed by atoms with Crippen molar-refractivity contribution in [1.82, 2.24) is 24.2 Å². The van der Waals surface area contributed by atoms with Crippen molar-refractivity contribution in [3.05, 3.63) is 35.7 Å². The summed E-state index contributed by atoms with van der Waals surface area (Å²) in [5.74, 6) is -1.63. The Morgan fingerprint density at radius 2 is 1.11 bits per heavy atom. The van der Waals surface area contributed by atoms with Crippen LogP contribution in [-0.2, 0) is 0 Å². The van der Waals surface area contributed by atoms with E-state index in [1.165, 1.54) is 21.5 Å². The van der Waals surface area contributed by atoms with Gasteiger partial charge in [-0.2, -0.15) is 0 Å². The van der Waals surface area contributed by atoms with Gasteiger partial charge in [-0.25, -0.2) is 0 Å². The molecule has 0 atom stereocenters. The number of rotatable bonds is 12. The number of hydrogen-bond acceptors (Lipinski definition) is 7. The zero-order valence-corrected chi connectivity index (χ0v) is 24.4. The summed E-state index contributed by atoms with van der Waals surface area (Å²) in [6, 6.07) is 6.72. The maximum Gasteiger partial charge on any atom is 0.274 e. The highest BCUT2D eigenvalue weighted by molar-refractivity contribution is 6.04. The molecule has 10 nitrogen and oxygen atoms in total. The molecule has 1 aromatic heterocycles. The van der Waals surface area contributed by atoms with Crippen LogP contribution in [0.25, 0.3) is 5.69 Å². The van der Waals surface area contributed by atoms with Crippen LogP contribution in [0.15, 0.2) is 24.3 Å². The van der Waals surface area contributed by atoms with Crippen LogP contribution in [0, 0.1) is 0 Å². The molecule has 0 saturated carbocycles. The van der Waals surface area contributed by atoms with Crippen molar-refractivity contribution in [1.29, 1.82) is 0 Å². The highest BCUT2D eigenvalue weighted by atomic mass is 35.5. The predicted octanol–water partition coefficient (Wildman–Crippen LogP) is 2.79. The Kier molecular flexibility index (Phi) is 14.4. The molecule has 0 fully saturated rings. The third kappa shape index (κ3) is 8.70. The topological polar surface area (TPSA) is 102 Å². The molecule has 0 bridgehead atoms. The molecule has 12 heteroatoms. The molecular weight excluding hydrogens is 521 g/mol. The molecule has 1 heterocycles. The second kappa shape index (κ2) is 15.6. The lowest BCUT2D eigenvalue weighted by Gasteiger charge is -2.22. The van der Waals surface area contributed by atoms with E-state index in [-0.39, 0.29) is 36.2 Å². The molecule has 37 heavy (non-hydrogen) atoms. The summed E-state index contributed by atoms with van der Waals surface area (Å²) in [6.45, 7) is 2.46. The number of carbonyl (C=O) groups is 2. The minimum absolute atomic E-state index is 0. The van der Waals surface area contributed by atoms with E-state index in [9.17, 15) is 19.8 Å². The first-order valence-corrected chi connectivity index (χ1v) is 11.6. The Hall–Kier alpha value is -2.66. The normalized spacial score (nSPS) is 10.6. The molecular formula is C25H41Cl2N5O5. The first-order chi connectivity index (χ1) is 16.5. The third-order valence-electron chi connectivity index (χ3n) is 5.75. The predicted molar refractivity (Wildman–Crippen MR) is 150 cm³/mol. The van der Waals surface area contributed by atoms with Gasteiger partial charge >= 0.3 is 0 Å². The molecule has 1 aromatic carbocycles. The van der Waals surface area contributed by atoms with Crippen LogP contribution in [-0.4, -0.2) is 122 Å². The fraction of sp³-hybridized carbons (Fsp3) is 0.520. The van der Waals surface area contributed by atoms with Gasteiger partial charge in [0.05, 0.1) is 7.11 Å². The van der Waals surface area contributed by atoms with Gasteiger partial charge in [0.1, 0.15) is 5.75 Å². The van der Waals surface area contributed by atoms with E-state index in [4.69, 9.17) is 4.74 Å². The van der Waals surface area contributed by atoms with Gasteiger partial charge in [0.15, 0.2) is 22.9 Å². The summed E-state index contributed by atoms with van der Waals surface area (Å²) >= 11 is 0. The molecule has 2 aromatic rings. The van der Waals surface area contributed by atoms with Gasteiger partial charge in [-0.15, -0.1) is 24.8 Å². The molecule has 210 valence electrons. The number of carbonyl (C=O) groups excluding carboxylic acids is 2. The van der Waals surface area contributed by atoms with Gasteiger partial charge in [0.25, 0.3) is 11.8 Å². The molecule has 0 radical (unpaired) electrons. The zero-order valence-electron chi connectivity index (χ0n) is 22.7. The number of methoxy groups -OCH3 is 1. The number of amides is 2. The number of benzene rings is 1. The van der Waals surface area contributed by atoms with Gasteiger partial charge < -0.3 is 34.5 Å². The lowest BCUT2D eigenvalue weighted by molar-refractivity contribution is 0.0774. The third-order valence-corrected chi connectivity index (χ3v) is 5.75. The van der Waals surface area contributed by atoms with Crippen LogP contribution in [0.2, 0.25) is 0 Å². The fourth-order valence-electron chi connectivity index (χ4n) is 3.74. The number of halogens is 2. The van der Waals surface area contributed by atoms with E-state index in [0.717, 1.165) is 25.9 Å². The highest BCUT2D eigenvalue weighted by Gasteiger charge is 2.34. The maximum atomic E-state index is 13.4. The van der Waals surface area contributed by atoms with E-state index in [0.29, 0.717) is 24.5 Å². The lowest BCUT2D eigenvalue weighted by Crippen LogP contribution is -2.33. The molecule has 2 N–H and O–H groups in total. The molecule has 0 unspecified atom stereocenters. The van der Waals surface area contributed by atoms with Crippen LogP contribution < -0.4 is 4.74 Å². The Morgan fingerprint density at radius 1 is 0.730 bits per heavy atom. The Labute approximate surface area is 232 Å². The maximum absolute atomic E-state index is 13.4. The Morgan fingerprint density at radius 3 is 1.43 bits per heavy atom. The van der Waals surface area contributed by atoms with E-state index in [1.54, 1.807) is 38.4 Å². The van der Waals surface area contributed by atoms with Crippen LogP contribution >= 0.6 is 24.8 Å². The first kappa shape index (κ1) is 34.3. The fourth-order valence-corrected chi connectivity index (χ4v) is 3.74. The largest absolute Gasteiger partial charge is 0.503 e. The van der Waals surface area contributed by atoms with Crippen LogP contribution in [0.4, 0.5) is 0 Å². The van der Waals surface area contributed by atoms with E-state index in [1.807, 2.05) is 38.0 Å². The molecule has 0 aliphatic heterocycles. The second-order valence-corrected chi connectivity index (χ2v) is 9.19. The molecule has 0 aliphatic rings. The van der Waals surface area contributed by atoms with Gasteiger partial charge in [0, 0.05) is 32.9 Å². The van der Waals surface area contributed by atoms with Crippen LogP contribution in [0.5, 0.6) is 17.2 Å². The second-order valence-electron chi connectivity index (χ2n) is 9.19. The smallest absolute Gasteiger partial charge is 0.274 e. The summed E-state index contributed by atoms with van der Waals surface area (Å²) < 4.78 is 6.56. The molecule has 2 rings (SSSR count). The number of hydrogen-bond donors (Lipinski definition) is 2.